The van der Waals surface area contributed by atoms with Crippen molar-refractivity contribution >= 4 is 11.9 Å². The summed E-state index contributed by atoms with van der Waals surface area (Å²) in [5.74, 6) is -0.918. The summed E-state index contributed by atoms with van der Waals surface area (Å²) >= 11 is 0. The van der Waals surface area contributed by atoms with E-state index in [-0.39, 0.29) is 38.2 Å². The van der Waals surface area contributed by atoms with Gasteiger partial charge in [-0.1, -0.05) is 42.0 Å². The first-order valence-corrected chi connectivity index (χ1v) is 5.79. The molecule has 1 aliphatic rings. The smallest absolute Gasteiger partial charge is 0.0814 e. The summed E-state index contributed by atoms with van der Waals surface area (Å²) in [5, 5.41) is 18.9. The Morgan fingerprint density at radius 2 is 2.05 bits per heavy atom. The van der Waals surface area contributed by atoms with Crippen molar-refractivity contribution in [3.63, 3.8) is 0 Å². The third-order valence-corrected chi connectivity index (χ3v) is 2.65. The first kappa shape index (κ1) is 16.2. The van der Waals surface area contributed by atoms with E-state index in [1.54, 1.807) is 6.08 Å². The van der Waals surface area contributed by atoms with Crippen molar-refractivity contribution in [2.24, 2.45) is 0 Å². The molecule has 0 aromatic heterocycles. The molecule has 20 heavy (non-hydrogen) atoms. The minimum Gasteiger partial charge on any atom is -0.534 e. The number of aliphatic hydroxyl groups is 2. The Balaban J connectivity index is 0.00000200. The van der Waals surface area contributed by atoms with E-state index in [1.165, 1.54) is 18.2 Å². The molecule has 2 N–H and O–H groups in total. The number of rotatable bonds is 2. The Bertz CT molecular complexity index is 637. The zero-order chi connectivity index (χ0) is 13.8. The Kier molecular flexibility index (Phi) is 5.72. The summed E-state index contributed by atoms with van der Waals surface area (Å²) in [7, 11) is 0. The summed E-state index contributed by atoms with van der Waals surface area (Å²) in [4.78, 5) is 11.5. The molecule has 4 heteroatoms. The number of Topliss-reactive ketones (excluding diaryl/α,β-unsaturated/α-hetero) is 1. The largest absolute Gasteiger partial charge is 0.534 e. The Morgan fingerprint density at radius 3 is 2.70 bits per heavy atom. The van der Waals surface area contributed by atoms with Gasteiger partial charge in [-0.05, 0) is 24.1 Å². The van der Waals surface area contributed by atoms with Crippen LogP contribution in [0.5, 0.6) is 0 Å². The molecule has 0 spiro atoms. The maximum absolute atomic E-state index is 11.5. The molecule has 0 fully saturated rings. The topological polar surface area (TPSA) is 57.5 Å². The molecular formula is C16H13MoO3-. The molecule has 0 aliphatic heterocycles. The number of carbonyl (C=O) groups is 1. The third kappa shape index (κ3) is 4.07. The van der Waals surface area contributed by atoms with Gasteiger partial charge in [-0.15, -0.1) is 6.08 Å². The molecule has 0 amide bonds. The SMILES string of the molecule is Cc1cccc(/C=C/C(O)=C2\C=CC(O)=[C-]C2=O)c1.[Mo]. The quantitative estimate of drug-likeness (QED) is 0.373. The summed E-state index contributed by atoms with van der Waals surface area (Å²) in [6.45, 7) is 1.98. The molecule has 0 radical (unpaired) electrons. The van der Waals surface area contributed by atoms with Crippen LogP contribution in [-0.4, -0.2) is 16.0 Å². The van der Waals surface area contributed by atoms with Crippen LogP contribution in [0.25, 0.3) is 6.08 Å². The summed E-state index contributed by atoms with van der Waals surface area (Å²) < 4.78 is 0. The van der Waals surface area contributed by atoms with Gasteiger partial charge in [0.1, 0.15) is 0 Å². The van der Waals surface area contributed by atoms with Crippen LogP contribution in [0.3, 0.4) is 0 Å². The fourth-order valence-corrected chi connectivity index (χ4v) is 1.70. The van der Waals surface area contributed by atoms with Crippen LogP contribution in [0.2, 0.25) is 0 Å². The van der Waals surface area contributed by atoms with Crippen LogP contribution in [0.1, 0.15) is 11.1 Å². The van der Waals surface area contributed by atoms with Crippen molar-refractivity contribution in [1.29, 1.82) is 0 Å². The third-order valence-electron chi connectivity index (χ3n) is 2.65. The number of hydrogen-bond donors (Lipinski definition) is 2. The molecule has 1 aliphatic carbocycles. The van der Waals surface area contributed by atoms with Gasteiger partial charge in [-0.25, -0.2) is 0 Å². The molecule has 1 aromatic rings. The molecule has 2 rings (SSSR count). The van der Waals surface area contributed by atoms with Gasteiger partial charge in [0, 0.05) is 26.8 Å². The Labute approximate surface area is 131 Å². The molecule has 0 atom stereocenters. The van der Waals surface area contributed by atoms with E-state index in [9.17, 15) is 9.90 Å². The van der Waals surface area contributed by atoms with Crippen molar-refractivity contribution in [3.05, 3.63) is 76.8 Å². The predicted octanol–water partition coefficient (Wildman–Crippen LogP) is 3.20. The van der Waals surface area contributed by atoms with E-state index in [0.717, 1.165) is 11.1 Å². The summed E-state index contributed by atoms with van der Waals surface area (Å²) in [6, 6.07) is 7.76. The van der Waals surface area contributed by atoms with Crippen LogP contribution >= 0.6 is 0 Å². The molecule has 0 saturated heterocycles. The molecule has 3 nitrogen and oxygen atoms in total. The molecule has 102 valence electrons. The first-order chi connectivity index (χ1) is 9.06. The van der Waals surface area contributed by atoms with Crippen molar-refractivity contribution in [3.8, 4) is 0 Å². The van der Waals surface area contributed by atoms with Crippen molar-refractivity contribution < 1.29 is 36.1 Å². The standard InChI is InChI=1S/C16H13O3.Mo/c1-11-3-2-4-12(9-11)5-8-15(18)14-7-6-13(17)10-16(14)19;/h2-9,17-18H,1H3;/q-1;/b8-5+,15-14-;. The van der Waals surface area contributed by atoms with Gasteiger partial charge in [0.2, 0.25) is 0 Å². The fraction of sp³-hybridized carbons (Fsp3) is 0.0625. The average Bonchev–Trinajstić information content (AvgIpc) is 2.36. The van der Waals surface area contributed by atoms with Crippen molar-refractivity contribution in [2.75, 3.05) is 0 Å². The van der Waals surface area contributed by atoms with Gasteiger partial charge >= 0.3 is 0 Å². The van der Waals surface area contributed by atoms with Gasteiger partial charge in [-0.3, -0.25) is 0 Å². The molecule has 0 bridgehead atoms. The maximum Gasteiger partial charge on any atom is 0.0814 e. The van der Waals surface area contributed by atoms with Gasteiger partial charge < -0.3 is 15.0 Å². The van der Waals surface area contributed by atoms with Gasteiger partial charge in [0.05, 0.1) is 11.5 Å². The van der Waals surface area contributed by atoms with E-state index in [1.807, 2.05) is 31.2 Å². The molecule has 1 aromatic carbocycles. The van der Waals surface area contributed by atoms with Crippen molar-refractivity contribution in [2.45, 2.75) is 6.92 Å². The number of aliphatic hydroxyl groups excluding tert-OH is 2. The van der Waals surface area contributed by atoms with E-state index >= 15 is 0 Å². The van der Waals surface area contributed by atoms with Crippen LogP contribution < -0.4 is 0 Å². The van der Waals surface area contributed by atoms with Crippen LogP contribution in [0.15, 0.2) is 59.6 Å². The molecule has 0 unspecified atom stereocenters. The average molecular weight is 349 g/mol. The normalized spacial score (nSPS) is 16.9. The number of aryl methyl sites for hydroxylation is 1. The maximum atomic E-state index is 11.5. The van der Waals surface area contributed by atoms with E-state index < -0.39 is 5.78 Å². The Hall–Kier alpha value is -1.86. The predicted molar refractivity (Wildman–Crippen MR) is 73.4 cm³/mol. The van der Waals surface area contributed by atoms with E-state index in [2.05, 4.69) is 6.08 Å². The summed E-state index contributed by atoms with van der Waals surface area (Å²) in [6.07, 6.45) is 8.06. The van der Waals surface area contributed by atoms with Gasteiger partial charge in [-0.2, -0.15) is 6.08 Å². The number of allylic oxidation sites excluding steroid dienone is 5. The number of carbonyl (C=O) groups excluding carboxylic acids is 1. The van der Waals surface area contributed by atoms with Crippen LogP contribution in [0.4, 0.5) is 0 Å². The summed E-state index contributed by atoms with van der Waals surface area (Å²) in [5.41, 5.74) is 2.16. The molecule has 0 heterocycles. The Morgan fingerprint density at radius 1 is 1.30 bits per heavy atom. The molecular weight excluding hydrogens is 336 g/mol. The van der Waals surface area contributed by atoms with Gasteiger partial charge in [0.25, 0.3) is 0 Å². The fourth-order valence-electron chi connectivity index (χ4n) is 1.70. The monoisotopic (exact) mass is 351 g/mol. The second-order valence-corrected chi connectivity index (χ2v) is 4.22. The number of benzene rings is 1. The van der Waals surface area contributed by atoms with E-state index in [4.69, 9.17) is 5.11 Å². The second-order valence-electron chi connectivity index (χ2n) is 4.22. The zero-order valence-electron chi connectivity index (χ0n) is 10.8. The minimum atomic E-state index is -0.536. The minimum absolute atomic E-state index is 0. The van der Waals surface area contributed by atoms with Crippen LogP contribution in [-0.2, 0) is 25.9 Å². The van der Waals surface area contributed by atoms with Crippen molar-refractivity contribution in [1.82, 2.24) is 0 Å². The second kappa shape index (κ2) is 7.06. The number of hydrogen-bond acceptors (Lipinski definition) is 3. The van der Waals surface area contributed by atoms with E-state index in [0.29, 0.717) is 0 Å². The number of ketones is 1. The van der Waals surface area contributed by atoms with Gasteiger partial charge in [0.15, 0.2) is 0 Å². The van der Waals surface area contributed by atoms with Crippen LogP contribution in [0, 0.1) is 13.0 Å². The zero-order valence-corrected chi connectivity index (χ0v) is 12.8. The first-order valence-electron chi connectivity index (χ1n) is 5.79. The molecule has 0 saturated carbocycles.